The lowest BCUT2D eigenvalue weighted by molar-refractivity contribution is 0.456. The highest BCUT2D eigenvalue weighted by Gasteiger charge is 2.13. The molecule has 0 amide bonds. The van der Waals surface area contributed by atoms with Crippen molar-refractivity contribution in [1.82, 2.24) is 0 Å². The highest BCUT2D eigenvalue weighted by molar-refractivity contribution is 5.21. The molecule has 1 rings (SSSR count). The second-order valence-electron chi connectivity index (χ2n) is 4.24. The zero-order chi connectivity index (χ0) is 11.3. The molecule has 0 heterocycles. The van der Waals surface area contributed by atoms with E-state index in [1.165, 1.54) is 6.07 Å². The minimum Gasteiger partial charge on any atom is -0.330 e. The molecule has 2 atom stereocenters. The number of nitrogens with two attached hydrogens (primary N) is 1. The molecular weight excluding hydrogens is 189 g/mol. The molecule has 0 radical (unpaired) electrons. The van der Waals surface area contributed by atoms with Crippen LogP contribution in [-0.4, -0.2) is 6.54 Å². The van der Waals surface area contributed by atoms with Gasteiger partial charge in [0.25, 0.3) is 0 Å². The van der Waals surface area contributed by atoms with E-state index in [1.807, 2.05) is 6.07 Å². The van der Waals surface area contributed by atoms with E-state index in [4.69, 9.17) is 5.73 Å². The monoisotopic (exact) mass is 209 g/mol. The number of halogens is 1. The molecule has 0 aromatic heterocycles. The second kappa shape index (κ2) is 5.86. The van der Waals surface area contributed by atoms with Crippen molar-refractivity contribution in [1.29, 1.82) is 0 Å². The van der Waals surface area contributed by atoms with Gasteiger partial charge in [-0.25, -0.2) is 4.39 Å². The Morgan fingerprint density at radius 2 is 2.13 bits per heavy atom. The van der Waals surface area contributed by atoms with E-state index in [-0.39, 0.29) is 11.7 Å². The molecule has 2 N–H and O–H groups in total. The first-order chi connectivity index (χ1) is 7.17. The van der Waals surface area contributed by atoms with Gasteiger partial charge in [-0.2, -0.15) is 0 Å². The number of hydrogen-bond donors (Lipinski definition) is 1. The van der Waals surface area contributed by atoms with Crippen molar-refractivity contribution >= 4 is 0 Å². The van der Waals surface area contributed by atoms with Gasteiger partial charge in [-0.1, -0.05) is 32.4 Å². The molecule has 0 fully saturated rings. The molecule has 84 valence electrons. The third-order valence-corrected chi connectivity index (χ3v) is 2.99. The van der Waals surface area contributed by atoms with Gasteiger partial charge in [0.2, 0.25) is 0 Å². The topological polar surface area (TPSA) is 26.0 Å². The molecule has 0 saturated heterocycles. The molecule has 1 aromatic carbocycles. The standard InChI is InChI=1S/C13H20FN/c1-3-10(2)7-12(9-15)11-5-4-6-13(14)8-11/h4-6,8,10,12H,3,7,9,15H2,1-2H3. The summed E-state index contributed by atoms with van der Waals surface area (Å²) in [5, 5.41) is 0. The van der Waals surface area contributed by atoms with E-state index in [0.29, 0.717) is 12.5 Å². The largest absolute Gasteiger partial charge is 0.330 e. The Labute approximate surface area is 91.5 Å². The Morgan fingerprint density at radius 1 is 1.40 bits per heavy atom. The summed E-state index contributed by atoms with van der Waals surface area (Å²) in [5.41, 5.74) is 6.76. The van der Waals surface area contributed by atoms with E-state index < -0.39 is 0 Å². The fraction of sp³-hybridized carbons (Fsp3) is 0.538. The summed E-state index contributed by atoms with van der Waals surface area (Å²) < 4.78 is 13.0. The normalized spacial score (nSPS) is 14.9. The first-order valence-corrected chi connectivity index (χ1v) is 5.62. The van der Waals surface area contributed by atoms with Gasteiger partial charge in [0.15, 0.2) is 0 Å². The lowest BCUT2D eigenvalue weighted by Crippen LogP contribution is -2.15. The van der Waals surface area contributed by atoms with Crippen LogP contribution in [0.15, 0.2) is 24.3 Å². The maximum Gasteiger partial charge on any atom is 0.123 e. The van der Waals surface area contributed by atoms with E-state index in [9.17, 15) is 4.39 Å². The zero-order valence-electron chi connectivity index (χ0n) is 9.54. The van der Waals surface area contributed by atoms with Crippen LogP contribution in [0.3, 0.4) is 0 Å². The minimum absolute atomic E-state index is 0.171. The molecule has 0 aliphatic heterocycles. The summed E-state index contributed by atoms with van der Waals surface area (Å²) in [6.07, 6.45) is 2.18. The maximum absolute atomic E-state index is 13.0. The minimum atomic E-state index is -0.171. The molecule has 0 saturated carbocycles. The predicted molar refractivity (Wildman–Crippen MR) is 62.3 cm³/mol. The van der Waals surface area contributed by atoms with Crippen molar-refractivity contribution in [3.63, 3.8) is 0 Å². The number of benzene rings is 1. The number of hydrogen-bond acceptors (Lipinski definition) is 1. The molecule has 1 aromatic rings. The lowest BCUT2D eigenvalue weighted by atomic mass is 9.88. The lowest BCUT2D eigenvalue weighted by Gasteiger charge is -2.19. The van der Waals surface area contributed by atoms with Crippen molar-refractivity contribution in [2.24, 2.45) is 11.7 Å². The van der Waals surface area contributed by atoms with Gasteiger partial charge in [-0.05, 0) is 42.5 Å². The Morgan fingerprint density at radius 3 is 2.67 bits per heavy atom. The van der Waals surface area contributed by atoms with E-state index >= 15 is 0 Å². The van der Waals surface area contributed by atoms with Gasteiger partial charge < -0.3 is 5.73 Å². The molecule has 0 bridgehead atoms. The highest BCUT2D eigenvalue weighted by Crippen LogP contribution is 2.24. The average Bonchev–Trinajstić information content (AvgIpc) is 2.25. The molecule has 0 aliphatic rings. The first-order valence-electron chi connectivity index (χ1n) is 5.62. The van der Waals surface area contributed by atoms with Gasteiger partial charge >= 0.3 is 0 Å². The Kier molecular flexibility index (Phi) is 4.76. The summed E-state index contributed by atoms with van der Waals surface area (Å²) in [4.78, 5) is 0. The van der Waals surface area contributed by atoms with Gasteiger partial charge in [-0.15, -0.1) is 0 Å². The quantitative estimate of drug-likeness (QED) is 0.791. The number of rotatable bonds is 5. The van der Waals surface area contributed by atoms with Crippen LogP contribution in [0.2, 0.25) is 0 Å². The van der Waals surface area contributed by atoms with Crippen LogP contribution in [0.5, 0.6) is 0 Å². The highest BCUT2D eigenvalue weighted by atomic mass is 19.1. The van der Waals surface area contributed by atoms with Crippen LogP contribution in [0, 0.1) is 11.7 Å². The maximum atomic E-state index is 13.0. The molecule has 2 unspecified atom stereocenters. The van der Waals surface area contributed by atoms with Crippen LogP contribution in [0.4, 0.5) is 4.39 Å². The third kappa shape index (κ3) is 3.63. The Balaban J connectivity index is 2.73. The molecule has 2 heteroatoms. The fourth-order valence-corrected chi connectivity index (χ4v) is 1.78. The average molecular weight is 209 g/mol. The summed E-state index contributed by atoms with van der Waals surface area (Å²) in [7, 11) is 0. The predicted octanol–water partition coefficient (Wildman–Crippen LogP) is 3.30. The fourth-order valence-electron chi connectivity index (χ4n) is 1.78. The Hall–Kier alpha value is -0.890. The molecule has 0 spiro atoms. The summed E-state index contributed by atoms with van der Waals surface area (Å²) >= 11 is 0. The second-order valence-corrected chi connectivity index (χ2v) is 4.24. The van der Waals surface area contributed by atoms with Crippen molar-refractivity contribution in [2.45, 2.75) is 32.6 Å². The summed E-state index contributed by atoms with van der Waals surface area (Å²) in [6.45, 7) is 4.97. The Bertz CT molecular complexity index is 298. The van der Waals surface area contributed by atoms with E-state index in [0.717, 1.165) is 18.4 Å². The van der Waals surface area contributed by atoms with Crippen molar-refractivity contribution in [3.05, 3.63) is 35.6 Å². The van der Waals surface area contributed by atoms with Crippen LogP contribution < -0.4 is 5.73 Å². The molecule has 0 aliphatic carbocycles. The first kappa shape index (κ1) is 12.2. The SMILES string of the molecule is CCC(C)CC(CN)c1cccc(F)c1. The summed E-state index contributed by atoms with van der Waals surface area (Å²) in [6, 6.07) is 6.78. The van der Waals surface area contributed by atoms with Gasteiger partial charge in [0, 0.05) is 0 Å². The summed E-state index contributed by atoms with van der Waals surface area (Å²) in [5.74, 6) is 0.757. The van der Waals surface area contributed by atoms with Gasteiger partial charge in [0.05, 0.1) is 0 Å². The van der Waals surface area contributed by atoms with Crippen molar-refractivity contribution in [2.75, 3.05) is 6.54 Å². The van der Waals surface area contributed by atoms with E-state index in [2.05, 4.69) is 13.8 Å². The van der Waals surface area contributed by atoms with Crippen LogP contribution in [0.1, 0.15) is 38.2 Å². The van der Waals surface area contributed by atoms with Crippen LogP contribution in [-0.2, 0) is 0 Å². The molecular formula is C13H20FN. The molecule has 15 heavy (non-hydrogen) atoms. The van der Waals surface area contributed by atoms with E-state index in [1.54, 1.807) is 12.1 Å². The van der Waals surface area contributed by atoms with Gasteiger partial charge in [-0.3, -0.25) is 0 Å². The van der Waals surface area contributed by atoms with Crippen molar-refractivity contribution in [3.8, 4) is 0 Å². The van der Waals surface area contributed by atoms with Crippen LogP contribution in [0.25, 0.3) is 0 Å². The smallest absolute Gasteiger partial charge is 0.123 e. The third-order valence-electron chi connectivity index (χ3n) is 2.99. The van der Waals surface area contributed by atoms with Crippen molar-refractivity contribution < 1.29 is 4.39 Å². The van der Waals surface area contributed by atoms with Crippen LogP contribution >= 0.6 is 0 Å². The van der Waals surface area contributed by atoms with Gasteiger partial charge in [0.1, 0.15) is 5.82 Å². The zero-order valence-corrected chi connectivity index (χ0v) is 9.54. The molecule has 1 nitrogen and oxygen atoms in total.